The van der Waals surface area contributed by atoms with Gasteiger partial charge in [-0.2, -0.15) is 0 Å². The molecule has 5 nitrogen and oxygen atoms in total. The van der Waals surface area contributed by atoms with Crippen LogP contribution in [0.25, 0.3) is 11.3 Å². The number of nitrogens with zero attached hydrogens (tertiary/aromatic N) is 1. The molecule has 0 saturated carbocycles. The normalized spacial score (nSPS) is 10.4. The highest BCUT2D eigenvalue weighted by molar-refractivity contribution is 7.14. The summed E-state index contributed by atoms with van der Waals surface area (Å²) in [6.45, 7) is 0. The molecule has 0 saturated heterocycles. The molecular weight excluding hydrogens is 343 g/mol. The zero-order valence-electron chi connectivity index (χ0n) is 13.6. The lowest BCUT2D eigenvalue weighted by atomic mass is 10.1. The Hall–Kier alpha value is -2.93. The van der Waals surface area contributed by atoms with Gasteiger partial charge in [-0.1, -0.05) is 6.07 Å². The fourth-order valence-corrected chi connectivity index (χ4v) is 3.03. The number of carbonyl (C=O) groups excluding carboxylic acids is 1. The van der Waals surface area contributed by atoms with Gasteiger partial charge in [0, 0.05) is 10.9 Å². The summed E-state index contributed by atoms with van der Waals surface area (Å²) in [6.07, 6.45) is 0. The topological polar surface area (TPSA) is 60.5 Å². The second kappa shape index (κ2) is 7.31. The van der Waals surface area contributed by atoms with E-state index in [0.29, 0.717) is 27.9 Å². The van der Waals surface area contributed by atoms with E-state index in [1.807, 2.05) is 0 Å². The van der Waals surface area contributed by atoms with Gasteiger partial charge in [-0.25, -0.2) is 9.37 Å². The molecule has 0 aliphatic carbocycles. The van der Waals surface area contributed by atoms with E-state index < -0.39 is 0 Å². The number of thiazole rings is 1. The van der Waals surface area contributed by atoms with Gasteiger partial charge in [0.1, 0.15) is 22.9 Å². The number of halogens is 1. The molecule has 1 heterocycles. The SMILES string of the molecule is COc1cccc(OC)c1C(=O)Nc1nc(-c2ccc(F)cc2)cs1. The number of carbonyl (C=O) groups is 1. The molecule has 0 spiro atoms. The molecule has 1 amide bonds. The van der Waals surface area contributed by atoms with Crippen LogP contribution in [0.3, 0.4) is 0 Å². The van der Waals surface area contributed by atoms with E-state index in [1.54, 1.807) is 35.7 Å². The highest BCUT2D eigenvalue weighted by Gasteiger charge is 2.19. The quantitative estimate of drug-likeness (QED) is 0.742. The van der Waals surface area contributed by atoms with Gasteiger partial charge in [-0.15, -0.1) is 11.3 Å². The van der Waals surface area contributed by atoms with Crippen LogP contribution in [0.2, 0.25) is 0 Å². The van der Waals surface area contributed by atoms with E-state index >= 15 is 0 Å². The zero-order chi connectivity index (χ0) is 17.8. The molecule has 1 N–H and O–H groups in total. The highest BCUT2D eigenvalue weighted by Crippen LogP contribution is 2.30. The Labute approximate surface area is 148 Å². The summed E-state index contributed by atoms with van der Waals surface area (Å²) in [4.78, 5) is 17.0. The third-order valence-corrected chi connectivity index (χ3v) is 4.28. The molecule has 0 radical (unpaired) electrons. The minimum absolute atomic E-state index is 0.297. The Bertz CT molecular complexity index is 871. The van der Waals surface area contributed by atoms with Crippen molar-refractivity contribution in [2.45, 2.75) is 0 Å². The zero-order valence-corrected chi connectivity index (χ0v) is 14.4. The summed E-state index contributed by atoms with van der Waals surface area (Å²) in [5, 5.41) is 4.97. The lowest BCUT2D eigenvalue weighted by molar-refractivity contribution is 0.102. The van der Waals surface area contributed by atoms with Crippen molar-refractivity contribution in [3.05, 3.63) is 59.2 Å². The number of anilines is 1. The van der Waals surface area contributed by atoms with Crippen LogP contribution in [0.4, 0.5) is 9.52 Å². The van der Waals surface area contributed by atoms with Crippen molar-refractivity contribution in [3.63, 3.8) is 0 Å². The standard InChI is InChI=1S/C18H15FN2O3S/c1-23-14-4-3-5-15(24-2)16(14)17(22)21-18-20-13(10-25-18)11-6-8-12(19)9-7-11/h3-10H,1-2H3,(H,20,21,22). The molecule has 1 aromatic heterocycles. The van der Waals surface area contributed by atoms with Crippen molar-refractivity contribution in [2.75, 3.05) is 19.5 Å². The summed E-state index contributed by atoms with van der Waals surface area (Å²) in [5.41, 5.74) is 1.73. The average molecular weight is 358 g/mol. The van der Waals surface area contributed by atoms with Crippen molar-refractivity contribution in [2.24, 2.45) is 0 Å². The third kappa shape index (κ3) is 3.61. The van der Waals surface area contributed by atoms with Gasteiger partial charge in [0.2, 0.25) is 0 Å². The first-order valence-corrected chi connectivity index (χ1v) is 8.24. The largest absolute Gasteiger partial charge is 0.496 e. The lowest BCUT2D eigenvalue weighted by Crippen LogP contribution is -2.14. The van der Waals surface area contributed by atoms with E-state index in [0.717, 1.165) is 5.56 Å². The maximum atomic E-state index is 13.0. The van der Waals surface area contributed by atoms with Gasteiger partial charge in [-0.05, 0) is 36.4 Å². The first-order valence-electron chi connectivity index (χ1n) is 7.36. The van der Waals surface area contributed by atoms with Crippen LogP contribution in [-0.2, 0) is 0 Å². The van der Waals surface area contributed by atoms with Crippen LogP contribution in [0.5, 0.6) is 11.5 Å². The van der Waals surface area contributed by atoms with E-state index in [2.05, 4.69) is 10.3 Å². The summed E-state index contributed by atoms with van der Waals surface area (Å²) in [5.74, 6) is 0.129. The monoisotopic (exact) mass is 358 g/mol. The lowest BCUT2D eigenvalue weighted by Gasteiger charge is -2.11. The molecule has 0 bridgehead atoms. The Kier molecular flexibility index (Phi) is 4.95. The number of benzene rings is 2. The van der Waals surface area contributed by atoms with Crippen molar-refractivity contribution >= 4 is 22.4 Å². The molecule has 7 heteroatoms. The van der Waals surface area contributed by atoms with Crippen molar-refractivity contribution in [1.29, 1.82) is 0 Å². The van der Waals surface area contributed by atoms with E-state index in [-0.39, 0.29) is 11.7 Å². The van der Waals surface area contributed by atoms with Gasteiger partial charge in [-0.3, -0.25) is 10.1 Å². The van der Waals surface area contributed by atoms with Crippen LogP contribution < -0.4 is 14.8 Å². The summed E-state index contributed by atoms with van der Waals surface area (Å²) in [6, 6.07) is 11.1. The number of amides is 1. The maximum Gasteiger partial charge on any atom is 0.265 e. The second-order valence-corrected chi connectivity index (χ2v) is 5.89. The molecule has 0 aliphatic heterocycles. The number of methoxy groups -OCH3 is 2. The fourth-order valence-electron chi connectivity index (χ4n) is 2.32. The molecule has 0 unspecified atom stereocenters. The number of aromatic nitrogens is 1. The minimum Gasteiger partial charge on any atom is -0.496 e. The number of nitrogens with one attached hydrogen (secondary N) is 1. The second-order valence-electron chi connectivity index (χ2n) is 5.04. The number of ether oxygens (including phenoxy) is 2. The summed E-state index contributed by atoms with van der Waals surface area (Å²) >= 11 is 1.28. The van der Waals surface area contributed by atoms with Gasteiger partial charge in [0.15, 0.2) is 5.13 Å². The van der Waals surface area contributed by atoms with Gasteiger partial charge < -0.3 is 9.47 Å². The first kappa shape index (κ1) is 16.9. The minimum atomic E-state index is -0.380. The summed E-state index contributed by atoms with van der Waals surface area (Å²) < 4.78 is 23.5. The van der Waals surface area contributed by atoms with Crippen molar-refractivity contribution in [1.82, 2.24) is 4.98 Å². The Morgan fingerprint density at radius 1 is 1.08 bits per heavy atom. The fraction of sp³-hybridized carbons (Fsp3) is 0.111. The van der Waals surface area contributed by atoms with Gasteiger partial charge in [0.25, 0.3) is 5.91 Å². The predicted molar refractivity (Wildman–Crippen MR) is 95.0 cm³/mol. The van der Waals surface area contributed by atoms with Gasteiger partial charge in [0.05, 0.1) is 19.9 Å². The molecule has 3 aromatic rings. The molecule has 0 fully saturated rings. The van der Waals surface area contributed by atoms with Crippen LogP contribution in [0.15, 0.2) is 47.8 Å². The van der Waals surface area contributed by atoms with Crippen LogP contribution in [0.1, 0.15) is 10.4 Å². The Morgan fingerprint density at radius 3 is 2.32 bits per heavy atom. The molecule has 0 aliphatic rings. The molecular formula is C18H15FN2O3S. The van der Waals surface area contributed by atoms with E-state index in [1.165, 1.54) is 37.7 Å². The van der Waals surface area contributed by atoms with Crippen molar-refractivity contribution in [3.8, 4) is 22.8 Å². The summed E-state index contributed by atoms with van der Waals surface area (Å²) in [7, 11) is 2.98. The van der Waals surface area contributed by atoms with Crippen molar-refractivity contribution < 1.29 is 18.7 Å². The van der Waals surface area contributed by atoms with E-state index in [9.17, 15) is 9.18 Å². The third-order valence-electron chi connectivity index (χ3n) is 3.52. The first-order chi connectivity index (χ1) is 12.1. The van der Waals surface area contributed by atoms with Crippen LogP contribution in [0, 0.1) is 5.82 Å². The molecule has 25 heavy (non-hydrogen) atoms. The predicted octanol–water partition coefficient (Wildman–Crippen LogP) is 4.22. The number of hydrogen-bond acceptors (Lipinski definition) is 5. The highest BCUT2D eigenvalue weighted by atomic mass is 32.1. The van der Waals surface area contributed by atoms with Crippen LogP contribution in [-0.4, -0.2) is 25.1 Å². The Balaban J connectivity index is 1.84. The molecule has 0 atom stereocenters. The maximum absolute atomic E-state index is 13.0. The van der Waals surface area contributed by atoms with Crippen LogP contribution >= 0.6 is 11.3 Å². The van der Waals surface area contributed by atoms with E-state index in [4.69, 9.17) is 9.47 Å². The smallest absolute Gasteiger partial charge is 0.265 e. The molecule has 2 aromatic carbocycles. The number of rotatable bonds is 5. The number of hydrogen-bond donors (Lipinski definition) is 1. The molecule has 128 valence electrons. The average Bonchev–Trinajstić information content (AvgIpc) is 3.09. The molecule has 3 rings (SSSR count). The Morgan fingerprint density at radius 2 is 1.72 bits per heavy atom. The van der Waals surface area contributed by atoms with Gasteiger partial charge >= 0.3 is 0 Å².